The quantitative estimate of drug-likeness (QED) is 0.762. The SMILES string of the molecule is COc1ccc(N)c(NCCC(C)S(C)=O)c1. The van der Waals surface area contributed by atoms with E-state index in [1.807, 2.05) is 25.1 Å². The zero-order chi connectivity index (χ0) is 12.8. The van der Waals surface area contributed by atoms with Crippen LogP contribution in [0.4, 0.5) is 11.4 Å². The number of nitrogen functional groups attached to an aromatic ring is 1. The normalized spacial score (nSPS) is 14.1. The molecule has 1 aromatic rings. The summed E-state index contributed by atoms with van der Waals surface area (Å²) >= 11 is 0. The number of methoxy groups -OCH3 is 1. The Kier molecular flexibility index (Phi) is 5.28. The third-order valence-corrected chi connectivity index (χ3v) is 4.06. The van der Waals surface area contributed by atoms with Crippen molar-refractivity contribution < 1.29 is 8.95 Å². The van der Waals surface area contributed by atoms with Gasteiger partial charge in [-0.2, -0.15) is 0 Å². The van der Waals surface area contributed by atoms with Crippen molar-refractivity contribution in [2.75, 3.05) is 31.0 Å². The summed E-state index contributed by atoms with van der Waals surface area (Å²) in [4.78, 5) is 0. The average molecular weight is 256 g/mol. The van der Waals surface area contributed by atoms with Gasteiger partial charge in [-0.3, -0.25) is 4.21 Å². The second-order valence-electron chi connectivity index (χ2n) is 3.98. The van der Waals surface area contributed by atoms with E-state index in [-0.39, 0.29) is 5.25 Å². The monoisotopic (exact) mass is 256 g/mol. The first-order chi connectivity index (χ1) is 8.04. The van der Waals surface area contributed by atoms with E-state index >= 15 is 0 Å². The molecule has 0 heterocycles. The molecule has 1 aromatic carbocycles. The van der Waals surface area contributed by atoms with Crippen molar-refractivity contribution in [3.63, 3.8) is 0 Å². The third-order valence-electron chi connectivity index (χ3n) is 2.69. The number of hydrogen-bond donors (Lipinski definition) is 2. The number of benzene rings is 1. The lowest BCUT2D eigenvalue weighted by Gasteiger charge is -2.13. The summed E-state index contributed by atoms with van der Waals surface area (Å²) in [5, 5.41) is 3.42. The molecule has 3 N–H and O–H groups in total. The van der Waals surface area contributed by atoms with Crippen LogP contribution in [0.1, 0.15) is 13.3 Å². The molecule has 4 nitrogen and oxygen atoms in total. The molecule has 0 bridgehead atoms. The minimum Gasteiger partial charge on any atom is -0.497 e. The van der Waals surface area contributed by atoms with Crippen LogP contribution in [0.15, 0.2) is 18.2 Å². The minimum atomic E-state index is -0.775. The van der Waals surface area contributed by atoms with Crippen molar-refractivity contribution in [2.24, 2.45) is 0 Å². The highest BCUT2D eigenvalue weighted by atomic mass is 32.2. The summed E-state index contributed by atoms with van der Waals surface area (Å²) in [6.45, 7) is 2.73. The van der Waals surface area contributed by atoms with E-state index in [2.05, 4.69) is 5.32 Å². The number of nitrogens with two attached hydrogens (primary N) is 1. The van der Waals surface area contributed by atoms with Crippen molar-refractivity contribution in [3.05, 3.63) is 18.2 Å². The molecule has 2 atom stereocenters. The van der Waals surface area contributed by atoms with Gasteiger partial charge < -0.3 is 15.8 Å². The van der Waals surface area contributed by atoms with Crippen molar-refractivity contribution in [1.82, 2.24) is 0 Å². The Labute approximate surface area is 105 Å². The van der Waals surface area contributed by atoms with Crippen LogP contribution in [0.25, 0.3) is 0 Å². The predicted octanol–water partition coefficient (Wildman–Crippen LogP) is 1.85. The molecule has 0 aromatic heterocycles. The van der Waals surface area contributed by atoms with Gasteiger partial charge in [0.2, 0.25) is 0 Å². The zero-order valence-electron chi connectivity index (χ0n) is 10.5. The maximum Gasteiger partial charge on any atom is 0.121 e. The Bertz CT molecular complexity index is 396. The smallest absolute Gasteiger partial charge is 0.121 e. The van der Waals surface area contributed by atoms with Crippen molar-refractivity contribution >= 4 is 22.2 Å². The fourth-order valence-electron chi connectivity index (χ4n) is 1.39. The highest BCUT2D eigenvalue weighted by Gasteiger charge is 2.06. The maximum absolute atomic E-state index is 11.2. The number of nitrogens with one attached hydrogen (secondary N) is 1. The predicted molar refractivity (Wildman–Crippen MR) is 74.0 cm³/mol. The van der Waals surface area contributed by atoms with Crippen LogP contribution >= 0.6 is 0 Å². The second-order valence-corrected chi connectivity index (χ2v) is 5.78. The second kappa shape index (κ2) is 6.49. The van der Waals surface area contributed by atoms with Crippen LogP contribution in [0.3, 0.4) is 0 Å². The summed E-state index contributed by atoms with van der Waals surface area (Å²) in [5.41, 5.74) is 7.39. The van der Waals surface area contributed by atoms with Crippen LogP contribution in [0, 0.1) is 0 Å². The summed E-state index contributed by atoms with van der Waals surface area (Å²) < 4.78 is 16.3. The summed E-state index contributed by atoms with van der Waals surface area (Å²) in [7, 11) is 0.847. The molecule has 0 saturated carbocycles. The van der Waals surface area contributed by atoms with Crippen LogP contribution in [0.2, 0.25) is 0 Å². The first-order valence-electron chi connectivity index (χ1n) is 5.54. The molecule has 17 heavy (non-hydrogen) atoms. The number of anilines is 2. The van der Waals surface area contributed by atoms with Crippen LogP contribution < -0.4 is 15.8 Å². The zero-order valence-corrected chi connectivity index (χ0v) is 11.3. The molecule has 0 saturated heterocycles. The largest absolute Gasteiger partial charge is 0.497 e. The average Bonchev–Trinajstić information content (AvgIpc) is 2.31. The van der Waals surface area contributed by atoms with E-state index in [9.17, 15) is 4.21 Å². The maximum atomic E-state index is 11.2. The highest BCUT2D eigenvalue weighted by Crippen LogP contribution is 2.24. The molecule has 0 radical (unpaired) electrons. The van der Waals surface area contributed by atoms with E-state index < -0.39 is 10.8 Å². The van der Waals surface area contributed by atoms with E-state index in [0.29, 0.717) is 5.69 Å². The van der Waals surface area contributed by atoms with Gasteiger partial charge in [0.1, 0.15) is 5.75 Å². The van der Waals surface area contributed by atoms with Gasteiger partial charge in [-0.25, -0.2) is 0 Å². The topological polar surface area (TPSA) is 64.3 Å². The van der Waals surface area contributed by atoms with Gasteiger partial charge in [0.25, 0.3) is 0 Å². The third kappa shape index (κ3) is 4.26. The van der Waals surface area contributed by atoms with Crippen molar-refractivity contribution in [2.45, 2.75) is 18.6 Å². The van der Waals surface area contributed by atoms with Gasteiger partial charge >= 0.3 is 0 Å². The number of rotatable bonds is 6. The highest BCUT2D eigenvalue weighted by molar-refractivity contribution is 7.84. The molecule has 0 aliphatic heterocycles. The number of ether oxygens (including phenoxy) is 1. The standard InChI is InChI=1S/C12H20N2O2S/c1-9(17(3)15)6-7-14-12-8-10(16-2)4-5-11(12)13/h4-5,8-9,14H,6-7,13H2,1-3H3. The van der Waals surface area contributed by atoms with Crippen molar-refractivity contribution in [3.8, 4) is 5.75 Å². The van der Waals surface area contributed by atoms with Gasteiger partial charge in [0.05, 0.1) is 18.5 Å². The molecular formula is C12H20N2O2S. The lowest BCUT2D eigenvalue weighted by molar-refractivity contribution is 0.415. The molecule has 0 amide bonds. The lowest BCUT2D eigenvalue weighted by atomic mass is 10.2. The molecule has 2 unspecified atom stereocenters. The molecular weight excluding hydrogens is 236 g/mol. The van der Waals surface area contributed by atoms with Gasteiger partial charge in [0.15, 0.2) is 0 Å². The minimum absolute atomic E-state index is 0.189. The lowest BCUT2D eigenvalue weighted by Crippen LogP contribution is -2.15. The van der Waals surface area contributed by atoms with Crippen LogP contribution in [0.5, 0.6) is 5.75 Å². The molecule has 0 spiro atoms. The van der Waals surface area contributed by atoms with E-state index in [1.165, 1.54) is 0 Å². The first kappa shape index (κ1) is 13.8. The van der Waals surface area contributed by atoms with Gasteiger partial charge in [-0.1, -0.05) is 6.92 Å². The molecule has 1 rings (SSSR count). The van der Waals surface area contributed by atoms with Crippen LogP contribution in [-0.4, -0.2) is 29.4 Å². The van der Waals surface area contributed by atoms with Crippen molar-refractivity contribution in [1.29, 1.82) is 0 Å². The Morgan fingerprint density at radius 1 is 1.53 bits per heavy atom. The van der Waals surface area contributed by atoms with Gasteiger partial charge in [0, 0.05) is 34.9 Å². The molecule has 0 aliphatic carbocycles. The van der Waals surface area contributed by atoms with Gasteiger partial charge in [-0.05, 0) is 18.6 Å². The fraction of sp³-hybridized carbons (Fsp3) is 0.500. The van der Waals surface area contributed by atoms with Gasteiger partial charge in [-0.15, -0.1) is 0 Å². The van der Waals surface area contributed by atoms with E-state index in [1.54, 1.807) is 13.4 Å². The summed E-state index contributed by atoms with van der Waals surface area (Å²) in [6.07, 6.45) is 2.57. The molecule has 0 aliphatic rings. The molecule has 5 heteroatoms. The first-order valence-corrected chi connectivity index (χ1v) is 7.16. The van der Waals surface area contributed by atoms with E-state index in [0.717, 1.165) is 24.4 Å². The number of hydrogen-bond acceptors (Lipinski definition) is 4. The molecule has 96 valence electrons. The Morgan fingerprint density at radius 2 is 2.24 bits per heavy atom. The fourth-order valence-corrected chi connectivity index (χ4v) is 1.84. The Balaban J connectivity index is 2.54. The molecule has 0 fully saturated rings. The summed E-state index contributed by atoms with van der Waals surface area (Å²) in [5.74, 6) is 0.772. The summed E-state index contributed by atoms with van der Waals surface area (Å²) in [6, 6.07) is 5.50. The Hall–Kier alpha value is -1.23. The Morgan fingerprint density at radius 3 is 2.82 bits per heavy atom. The van der Waals surface area contributed by atoms with Crippen LogP contribution in [-0.2, 0) is 10.8 Å². The van der Waals surface area contributed by atoms with E-state index in [4.69, 9.17) is 10.5 Å².